The Morgan fingerprint density at radius 3 is 2.81 bits per heavy atom. The van der Waals surface area contributed by atoms with Gasteiger partial charge in [-0.3, -0.25) is 0 Å². The van der Waals surface area contributed by atoms with E-state index in [-0.39, 0.29) is 16.6 Å². The molecule has 0 heterocycles. The van der Waals surface area contributed by atoms with Crippen LogP contribution in [0.15, 0.2) is 23.1 Å². The molecule has 0 aliphatic heterocycles. The summed E-state index contributed by atoms with van der Waals surface area (Å²) in [5.41, 5.74) is 6.24. The molecular weight excluding hydrogens is 286 g/mol. The number of nitrogens with zero attached hydrogens (tertiary/aromatic N) is 1. The fraction of sp³-hybridized carbons (Fsp3) is 0.533. The summed E-state index contributed by atoms with van der Waals surface area (Å²) in [6, 6.07) is 6.19. The second-order valence-corrected chi connectivity index (χ2v) is 7.31. The molecule has 2 atom stereocenters. The molecule has 2 rings (SSSR count). The minimum Gasteiger partial charge on any atom is -0.398 e. The Morgan fingerprint density at radius 2 is 2.19 bits per heavy atom. The van der Waals surface area contributed by atoms with Crippen LogP contribution in [-0.4, -0.2) is 14.5 Å². The van der Waals surface area contributed by atoms with Crippen molar-refractivity contribution in [2.75, 3.05) is 5.73 Å². The van der Waals surface area contributed by atoms with Crippen molar-refractivity contribution in [2.45, 2.75) is 50.0 Å². The largest absolute Gasteiger partial charge is 0.398 e. The highest BCUT2D eigenvalue weighted by Gasteiger charge is 2.26. The molecule has 0 saturated heterocycles. The highest BCUT2D eigenvalue weighted by atomic mass is 32.2. The minimum atomic E-state index is -3.63. The molecule has 1 aliphatic carbocycles. The van der Waals surface area contributed by atoms with Crippen LogP contribution in [0.1, 0.15) is 44.6 Å². The van der Waals surface area contributed by atoms with Crippen LogP contribution in [0, 0.1) is 17.2 Å². The van der Waals surface area contributed by atoms with Crippen LogP contribution in [-0.2, 0) is 10.0 Å². The predicted octanol–water partition coefficient (Wildman–Crippen LogP) is 2.39. The van der Waals surface area contributed by atoms with Gasteiger partial charge in [-0.1, -0.05) is 26.2 Å². The zero-order valence-corrected chi connectivity index (χ0v) is 13.0. The van der Waals surface area contributed by atoms with Crippen LogP contribution < -0.4 is 10.5 Å². The Bertz CT molecular complexity index is 649. The van der Waals surface area contributed by atoms with Gasteiger partial charge in [0.2, 0.25) is 10.0 Å². The molecule has 1 aliphatic rings. The van der Waals surface area contributed by atoms with Crippen LogP contribution in [0.4, 0.5) is 5.69 Å². The third-order valence-electron chi connectivity index (χ3n) is 4.11. The van der Waals surface area contributed by atoms with E-state index in [0.717, 1.165) is 25.7 Å². The first-order valence-electron chi connectivity index (χ1n) is 7.28. The van der Waals surface area contributed by atoms with E-state index in [1.807, 2.05) is 6.07 Å². The molecule has 6 heteroatoms. The first-order valence-corrected chi connectivity index (χ1v) is 8.76. The third kappa shape index (κ3) is 3.74. The van der Waals surface area contributed by atoms with Crippen molar-refractivity contribution in [1.82, 2.24) is 4.72 Å². The molecule has 0 bridgehead atoms. The van der Waals surface area contributed by atoms with E-state index in [2.05, 4.69) is 11.6 Å². The second kappa shape index (κ2) is 6.46. The van der Waals surface area contributed by atoms with Crippen molar-refractivity contribution >= 4 is 15.7 Å². The summed E-state index contributed by atoms with van der Waals surface area (Å²) >= 11 is 0. The number of nitrogens with two attached hydrogens (primary N) is 1. The monoisotopic (exact) mass is 307 g/mol. The molecule has 0 spiro atoms. The van der Waals surface area contributed by atoms with E-state index in [4.69, 9.17) is 11.0 Å². The van der Waals surface area contributed by atoms with E-state index in [9.17, 15) is 8.42 Å². The van der Waals surface area contributed by atoms with Crippen molar-refractivity contribution in [2.24, 2.45) is 5.92 Å². The van der Waals surface area contributed by atoms with Crippen LogP contribution in [0.2, 0.25) is 0 Å². The second-order valence-electron chi connectivity index (χ2n) is 5.62. The Balaban J connectivity index is 2.17. The molecule has 21 heavy (non-hydrogen) atoms. The number of nitrogens with one attached hydrogen (secondary N) is 1. The van der Waals surface area contributed by atoms with Crippen molar-refractivity contribution in [3.05, 3.63) is 23.8 Å². The summed E-state index contributed by atoms with van der Waals surface area (Å²) in [6.45, 7) is 2.14. The van der Waals surface area contributed by atoms with E-state index >= 15 is 0 Å². The van der Waals surface area contributed by atoms with Gasteiger partial charge in [0, 0.05) is 6.04 Å². The molecule has 1 fully saturated rings. The van der Waals surface area contributed by atoms with Gasteiger partial charge in [-0.2, -0.15) is 5.26 Å². The predicted molar refractivity (Wildman–Crippen MR) is 81.9 cm³/mol. The summed E-state index contributed by atoms with van der Waals surface area (Å²) in [5.74, 6) is 0.588. The molecule has 1 saturated carbocycles. The normalized spacial score (nSPS) is 22.7. The minimum absolute atomic E-state index is 0.0243. The van der Waals surface area contributed by atoms with Crippen molar-refractivity contribution < 1.29 is 8.42 Å². The third-order valence-corrected chi connectivity index (χ3v) is 5.70. The van der Waals surface area contributed by atoms with Gasteiger partial charge < -0.3 is 5.73 Å². The van der Waals surface area contributed by atoms with E-state index < -0.39 is 10.0 Å². The first-order chi connectivity index (χ1) is 9.96. The van der Waals surface area contributed by atoms with Gasteiger partial charge in [-0.25, -0.2) is 13.1 Å². The SMILES string of the molecule is CCC1CCCC(NS(=O)(=O)c2ccc(C#N)cc2N)C1. The Morgan fingerprint density at radius 1 is 1.43 bits per heavy atom. The van der Waals surface area contributed by atoms with Crippen LogP contribution in [0.3, 0.4) is 0 Å². The van der Waals surface area contributed by atoms with E-state index in [0.29, 0.717) is 11.5 Å². The Hall–Kier alpha value is -1.58. The molecular formula is C15H21N3O2S. The average molecular weight is 307 g/mol. The lowest BCUT2D eigenvalue weighted by Gasteiger charge is -2.29. The van der Waals surface area contributed by atoms with Gasteiger partial charge in [-0.05, 0) is 37.0 Å². The van der Waals surface area contributed by atoms with Crippen molar-refractivity contribution in [3.63, 3.8) is 0 Å². The fourth-order valence-electron chi connectivity index (χ4n) is 2.91. The van der Waals surface area contributed by atoms with Gasteiger partial charge in [0.15, 0.2) is 0 Å². The summed E-state index contributed by atoms with van der Waals surface area (Å²) in [6.07, 6.45) is 5.05. The van der Waals surface area contributed by atoms with Crippen LogP contribution >= 0.6 is 0 Å². The number of anilines is 1. The van der Waals surface area contributed by atoms with Gasteiger partial charge >= 0.3 is 0 Å². The number of benzene rings is 1. The van der Waals surface area contributed by atoms with Crippen LogP contribution in [0.25, 0.3) is 0 Å². The zero-order valence-electron chi connectivity index (χ0n) is 12.2. The zero-order chi connectivity index (χ0) is 15.5. The van der Waals surface area contributed by atoms with Gasteiger partial charge in [0.25, 0.3) is 0 Å². The number of sulfonamides is 1. The lowest BCUT2D eigenvalue weighted by molar-refractivity contribution is 0.301. The smallest absolute Gasteiger partial charge is 0.242 e. The maximum absolute atomic E-state index is 12.4. The molecule has 0 aromatic heterocycles. The highest BCUT2D eigenvalue weighted by molar-refractivity contribution is 7.89. The summed E-state index contributed by atoms with van der Waals surface area (Å²) < 4.78 is 27.6. The lowest BCUT2D eigenvalue weighted by Crippen LogP contribution is -2.38. The fourth-order valence-corrected chi connectivity index (χ4v) is 4.31. The van der Waals surface area contributed by atoms with Gasteiger partial charge in [0.05, 0.1) is 17.3 Å². The highest BCUT2D eigenvalue weighted by Crippen LogP contribution is 2.28. The number of rotatable bonds is 4. The first kappa shape index (κ1) is 15.8. The average Bonchev–Trinajstić information content (AvgIpc) is 2.46. The molecule has 3 N–H and O–H groups in total. The van der Waals surface area contributed by atoms with E-state index in [1.54, 1.807) is 0 Å². The molecule has 0 amide bonds. The summed E-state index contributed by atoms with van der Waals surface area (Å²) in [5, 5.41) is 8.80. The number of hydrogen-bond acceptors (Lipinski definition) is 4. The lowest BCUT2D eigenvalue weighted by atomic mass is 9.85. The molecule has 2 unspecified atom stereocenters. The number of nitrogen functional groups attached to an aromatic ring is 1. The number of hydrogen-bond donors (Lipinski definition) is 2. The van der Waals surface area contributed by atoms with Crippen molar-refractivity contribution in [3.8, 4) is 6.07 Å². The van der Waals surface area contributed by atoms with Gasteiger partial charge in [0.1, 0.15) is 4.90 Å². The van der Waals surface area contributed by atoms with Crippen molar-refractivity contribution in [1.29, 1.82) is 5.26 Å². The summed E-state index contributed by atoms with van der Waals surface area (Å²) in [7, 11) is -3.63. The van der Waals surface area contributed by atoms with E-state index in [1.165, 1.54) is 24.6 Å². The standard InChI is InChI=1S/C15H21N3O2S/c1-2-11-4-3-5-13(8-11)18-21(19,20)15-7-6-12(10-16)9-14(15)17/h6-7,9,11,13,18H,2-5,8,17H2,1H3. The Labute approximate surface area is 126 Å². The maximum atomic E-state index is 12.4. The maximum Gasteiger partial charge on any atom is 0.242 e. The quantitative estimate of drug-likeness (QED) is 0.835. The van der Waals surface area contributed by atoms with Gasteiger partial charge in [-0.15, -0.1) is 0 Å². The molecule has 1 aromatic carbocycles. The molecule has 114 valence electrons. The molecule has 5 nitrogen and oxygen atoms in total. The topological polar surface area (TPSA) is 96.0 Å². The molecule has 1 aromatic rings. The number of nitriles is 1. The summed E-state index contributed by atoms with van der Waals surface area (Å²) in [4.78, 5) is 0.0557. The van der Waals surface area contributed by atoms with Crippen LogP contribution in [0.5, 0.6) is 0 Å². The molecule has 0 radical (unpaired) electrons. The Kier molecular flexibility index (Phi) is 4.86.